The average molecular weight is 328 g/mol. The van der Waals surface area contributed by atoms with Gasteiger partial charge >= 0.3 is 0 Å². The van der Waals surface area contributed by atoms with Crippen molar-refractivity contribution in [2.75, 3.05) is 0 Å². The maximum absolute atomic E-state index is 12.8. The highest BCUT2D eigenvalue weighted by Gasteiger charge is 2.51. The van der Waals surface area contributed by atoms with Crippen molar-refractivity contribution in [3.8, 4) is 0 Å². The van der Waals surface area contributed by atoms with Crippen LogP contribution in [-0.2, 0) is 9.59 Å². The van der Waals surface area contributed by atoms with Crippen LogP contribution >= 0.6 is 0 Å². The molecule has 1 aliphatic carbocycles. The predicted molar refractivity (Wildman–Crippen MR) is 80.8 cm³/mol. The molecule has 7 nitrogen and oxygen atoms in total. The number of nitrogens with zero attached hydrogens (tertiary/aromatic N) is 2. The van der Waals surface area contributed by atoms with E-state index in [0.29, 0.717) is 12.8 Å². The Morgan fingerprint density at radius 3 is 1.96 bits per heavy atom. The fourth-order valence-electron chi connectivity index (χ4n) is 3.55. The second-order valence-corrected chi connectivity index (χ2v) is 6.42. The third-order valence-corrected chi connectivity index (χ3v) is 5.07. The van der Waals surface area contributed by atoms with Gasteiger partial charge < -0.3 is 5.11 Å². The number of hydrogen-bond acceptors (Lipinski definition) is 5. The van der Waals surface area contributed by atoms with E-state index in [9.17, 15) is 24.3 Å². The summed E-state index contributed by atoms with van der Waals surface area (Å²) < 4.78 is 0. The van der Waals surface area contributed by atoms with Crippen molar-refractivity contribution in [3.05, 3.63) is 35.4 Å². The Labute approximate surface area is 137 Å². The van der Waals surface area contributed by atoms with Crippen LogP contribution in [0.1, 0.15) is 46.4 Å². The summed E-state index contributed by atoms with van der Waals surface area (Å²) in [7, 11) is 0. The number of carbonyl (C=O) groups is 4. The summed E-state index contributed by atoms with van der Waals surface area (Å²) in [5.41, 5.74) is 0.494. The van der Waals surface area contributed by atoms with Crippen LogP contribution in [0.2, 0.25) is 0 Å². The molecule has 1 N–H and O–H groups in total. The van der Waals surface area contributed by atoms with E-state index in [1.165, 1.54) is 12.1 Å². The predicted octanol–water partition coefficient (Wildman–Crippen LogP) is 0.323. The average Bonchev–Trinajstić information content (AvgIpc) is 2.78. The van der Waals surface area contributed by atoms with Crippen molar-refractivity contribution in [3.63, 3.8) is 0 Å². The van der Waals surface area contributed by atoms with Crippen LogP contribution in [0.15, 0.2) is 24.3 Å². The minimum atomic E-state index is -1.38. The topological polar surface area (TPSA) is 95.0 Å². The summed E-state index contributed by atoms with van der Waals surface area (Å²) in [6.07, 6.45) is 0.678. The van der Waals surface area contributed by atoms with Gasteiger partial charge in [-0.2, -0.15) is 0 Å². The van der Waals surface area contributed by atoms with Crippen molar-refractivity contribution in [2.45, 2.75) is 43.9 Å². The quantitative estimate of drug-likeness (QED) is 0.789. The first-order valence-electron chi connectivity index (χ1n) is 8.02. The number of amides is 4. The van der Waals surface area contributed by atoms with Gasteiger partial charge in [-0.3, -0.25) is 29.0 Å². The van der Waals surface area contributed by atoms with Gasteiger partial charge in [0.1, 0.15) is 12.1 Å². The van der Waals surface area contributed by atoms with E-state index in [2.05, 4.69) is 0 Å². The second kappa shape index (κ2) is 5.24. The SMILES string of the molecule is O=C1C(O)CC(N2C(=O)c3ccccc3C2=O)C(=O)N1C1CCC1. The minimum absolute atomic E-state index is 0.238. The van der Waals surface area contributed by atoms with Gasteiger partial charge in [-0.1, -0.05) is 12.1 Å². The standard InChI is InChI=1S/C17H16N2O5/c20-13-8-12(16(23)18(17(13)24)9-4-3-5-9)19-14(21)10-6-1-2-7-11(10)15(19)22/h1-2,6-7,9,12-13,20H,3-5,8H2. The first-order chi connectivity index (χ1) is 11.5. The third-order valence-electron chi connectivity index (χ3n) is 5.07. The van der Waals surface area contributed by atoms with E-state index < -0.39 is 35.8 Å². The molecule has 1 saturated heterocycles. The number of likely N-dealkylation sites (tertiary alicyclic amines) is 1. The molecule has 1 aromatic carbocycles. The molecule has 0 spiro atoms. The molecule has 24 heavy (non-hydrogen) atoms. The molecule has 4 amide bonds. The van der Waals surface area contributed by atoms with Gasteiger partial charge in [0, 0.05) is 12.5 Å². The Bertz CT molecular complexity index is 735. The number of imide groups is 2. The molecule has 0 radical (unpaired) electrons. The number of aliphatic hydroxyl groups is 1. The molecule has 3 aliphatic rings. The molecule has 2 aliphatic heterocycles. The molecule has 0 bridgehead atoms. The maximum atomic E-state index is 12.8. The number of hydrogen-bond donors (Lipinski definition) is 1. The summed E-state index contributed by atoms with van der Waals surface area (Å²) in [4.78, 5) is 52.1. The van der Waals surface area contributed by atoms with E-state index in [0.717, 1.165) is 16.2 Å². The van der Waals surface area contributed by atoms with Crippen LogP contribution < -0.4 is 0 Å². The molecule has 2 fully saturated rings. The van der Waals surface area contributed by atoms with E-state index in [1.807, 2.05) is 0 Å². The number of benzene rings is 1. The van der Waals surface area contributed by atoms with Gasteiger partial charge in [-0.15, -0.1) is 0 Å². The van der Waals surface area contributed by atoms with Crippen molar-refractivity contribution in [2.24, 2.45) is 0 Å². The lowest BCUT2D eigenvalue weighted by molar-refractivity contribution is -0.164. The Balaban J connectivity index is 1.69. The molecule has 4 rings (SSSR count). The Morgan fingerprint density at radius 2 is 1.46 bits per heavy atom. The van der Waals surface area contributed by atoms with Crippen molar-refractivity contribution < 1.29 is 24.3 Å². The third kappa shape index (κ3) is 1.94. The summed E-state index contributed by atoms with van der Waals surface area (Å²) in [5, 5.41) is 10.1. The lowest BCUT2D eigenvalue weighted by Crippen LogP contribution is -2.63. The number of aliphatic hydroxyl groups excluding tert-OH is 1. The van der Waals surface area contributed by atoms with Crippen LogP contribution in [-0.4, -0.2) is 56.7 Å². The highest BCUT2D eigenvalue weighted by Crippen LogP contribution is 2.33. The zero-order valence-electron chi connectivity index (χ0n) is 12.8. The number of carbonyl (C=O) groups excluding carboxylic acids is 4. The van der Waals surface area contributed by atoms with Gasteiger partial charge in [0.15, 0.2) is 0 Å². The molecular weight excluding hydrogens is 312 g/mol. The van der Waals surface area contributed by atoms with E-state index >= 15 is 0 Å². The van der Waals surface area contributed by atoms with Crippen molar-refractivity contribution >= 4 is 23.6 Å². The number of piperidine rings is 1. The lowest BCUT2D eigenvalue weighted by atomic mass is 9.88. The molecule has 1 aromatic rings. The highest BCUT2D eigenvalue weighted by molar-refractivity contribution is 6.23. The second-order valence-electron chi connectivity index (χ2n) is 6.42. The fourth-order valence-corrected chi connectivity index (χ4v) is 3.55. The Morgan fingerprint density at radius 1 is 0.875 bits per heavy atom. The van der Waals surface area contributed by atoms with Crippen LogP contribution in [0.3, 0.4) is 0 Å². The normalized spacial score (nSPS) is 27.5. The number of fused-ring (bicyclic) bond motifs is 1. The van der Waals surface area contributed by atoms with E-state index in [-0.39, 0.29) is 23.6 Å². The maximum Gasteiger partial charge on any atom is 0.262 e. The molecule has 124 valence electrons. The molecule has 2 unspecified atom stereocenters. The summed E-state index contributed by atoms with van der Waals surface area (Å²) >= 11 is 0. The monoisotopic (exact) mass is 328 g/mol. The first-order valence-corrected chi connectivity index (χ1v) is 8.02. The summed E-state index contributed by atoms with van der Waals surface area (Å²) in [6, 6.07) is 5.00. The number of rotatable bonds is 2. The molecule has 2 heterocycles. The van der Waals surface area contributed by atoms with Crippen LogP contribution in [0.5, 0.6) is 0 Å². The lowest BCUT2D eigenvalue weighted by Gasteiger charge is -2.43. The molecule has 0 aromatic heterocycles. The zero-order chi connectivity index (χ0) is 17.0. The summed E-state index contributed by atoms with van der Waals surface area (Å²) in [6.45, 7) is 0. The molecular formula is C17H16N2O5. The van der Waals surface area contributed by atoms with Crippen molar-refractivity contribution in [1.29, 1.82) is 0 Å². The molecule has 2 atom stereocenters. The fraction of sp³-hybridized carbons (Fsp3) is 0.412. The van der Waals surface area contributed by atoms with Gasteiger partial charge in [-0.25, -0.2) is 0 Å². The van der Waals surface area contributed by atoms with Crippen LogP contribution in [0.4, 0.5) is 0 Å². The van der Waals surface area contributed by atoms with Gasteiger partial charge in [0.05, 0.1) is 11.1 Å². The Hall–Kier alpha value is -2.54. The zero-order valence-corrected chi connectivity index (χ0v) is 12.8. The van der Waals surface area contributed by atoms with E-state index in [1.54, 1.807) is 12.1 Å². The van der Waals surface area contributed by atoms with Gasteiger partial charge in [-0.05, 0) is 31.4 Å². The van der Waals surface area contributed by atoms with Crippen molar-refractivity contribution in [1.82, 2.24) is 9.80 Å². The van der Waals surface area contributed by atoms with Crippen LogP contribution in [0, 0.1) is 0 Å². The molecule has 1 saturated carbocycles. The highest BCUT2D eigenvalue weighted by atomic mass is 16.3. The Kier molecular flexibility index (Phi) is 3.28. The molecule has 7 heteroatoms. The largest absolute Gasteiger partial charge is 0.383 e. The van der Waals surface area contributed by atoms with Gasteiger partial charge in [0.25, 0.3) is 23.6 Å². The van der Waals surface area contributed by atoms with Crippen LogP contribution in [0.25, 0.3) is 0 Å². The first kappa shape index (κ1) is 15.0. The van der Waals surface area contributed by atoms with E-state index in [4.69, 9.17) is 0 Å². The summed E-state index contributed by atoms with van der Waals surface area (Å²) in [5.74, 6) is -2.30. The minimum Gasteiger partial charge on any atom is -0.383 e. The van der Waals surface area contributed by atoms with Gasteiger partial charge in [0.2, 0.25) is 0 Å². The smallest absolute Gasteiger partial charge is 0.262 e.